The van der Waals surface area contributed by atoms with E-state index in [0.717, 1.165) is 0 Å². The van der Waals surface area contributed by atoms with E-state index in [1.807, 2.05) is 6.92 Å². The molecule has 0 saturated carbocycles. The lowest BCUT2D eigenvalue weighted by Gasteiger charge is -2.26. The zero-order valence-corrected chi connectivity index (χ0v) is 8.44. The van der Waals surface area contributed by atoms with Gasteiger partial charge in [-0.05, 0) is 6.42 Å². The van der Waals surface area contributed by atoms with Crippen LogP contribution in [0.2, 0.25) is 0 Å². The molecule has 1 aliphatic heterocycles. The van der Waals surface area contributed by atoms with Gasteiger partial charge in [0.15, 0.2) is 0 Å². The monoisotopic (exact) mass is 203 g/mol. The number of morpholine rings is 1. The zero-order valence-electron chi connectivity index (χ0n) is 8.44. The van der Waals surface area contributed by atoms with E-state index in [4.69, 9.17) is 9.47 Å². The Morgan fingerprint density at radius 3 is 2.79 bits per heavy atom. The van der Waals surface area contributed by atoms with Gasteiger partial charge >= 0.3 is 6.09 Å². The van der Waals surface area contributed by atoms with Gasteiger partial charge in [-0.2, -0.15) is 0 Å². The number of rotatable bonds is 3. The molecule has 1 heterocycles. The van der Waals surface area contributed by atoms with Gasteiger partial charge in [0.05, 0.1) is 19.3 Å². The molecule has 0 radical (unpaired) electrons. The number of hydrogen-bond donors (Lipinski definition) is 1. The molecule has 1 rings (SSSR count). The number of aliphatic hydroxyl groups is 1. The SMILES string of the molecule is CCC(O)COC(=O)N1CCOCC1. The minimum Gasteiger partial charge on any atom is -0.447 e. The Morgan fingerprint density at radius 1 is 1.57 bits per heavy atom. The molecule has 0 bridgehead atoms. The Balaban J connectivity index is 2.19. The van der Waals surface area contributed by atoms with Crippen molar-refractivity contribution in [2.45, 2.75) is 19.4 Å². The molecule has 1 atom stereocenters. The van der Waals surface area contributed by atoms with Crippen LogP contribution >= 0.6 is 0 Å². The smallest absolute Gasteiger partial charge is 0.410 e. The fraction of sp³-hybridized carbons (Fsp3) is 0.889. The summed E-state index contributed by atoms with van der Waals surface area (Å²) < 4.78 is 10.0. The molecule has 0 spiro atoms. The molecule has 1 saturated heterocycles. The first kappa shape index (κ1) is 11.3. The first-order valence-corrected chi connectivity index (χ1v) is 4.91. The fourth-order valence-corrected chi connectivity index (χ4v) is 1.12. The summed E-state index contributed by atoms with van der Waals surface area (Å²) in [6.07, 6.45) is -0.322. The number of ether oxygens (including phenoxy) is 2. The van der Waals surface area contributed by atoms with Crippen LogP contribution in [0.25, 0.3) is 0 Å². The van der Waals surface area contributed by atoms with E-state index in [1.54, 1.807) is 4.90 Å². The summed E-state index contributed by atoms with van der Waals surface area (Å²) in [5.41, 5.74) is 0. The second-order valence-corrected chi connectivity index (χ2v) is 3.24. The largest absolute Gasteiger partial charge is 0.447 e. The lowest BCUT2D eigenvalue weighted by Crippen LogP contribution is -2.41. The summed E-state index contributed by atoms with van der Waals surface area (Å²) in [5.74, 6) is 0. The van der Waals surface area contributed by atoms with Crippen LogP contribution < -0.4 is 0 Å². The highest BCUT2D eigenvalue weighted by Gasteiger charge is 2.18. The van der Waals surface area contributed by atoms with Gasteiger partial charge in [0.25, 0.3) is 0 Å². The minimum absolute atomic E-state index is 0.0761. The Kier molecular flexibility index (Phi) is 4.69. The normalized spacial score (nSPS) is 19.1. The molecular weight excluding hydrogens is 186 g/mol. The maximum atomic E-state index is 11.4. The van der Waals surface area contributed by atoms with E-state index in [1.165, 1.54) is 0 Å². The lowest BCUT2D eigenvalue weighted by atomic mass is 10.3. The number of nitrogens with zero attached hydrogens (tertiary/aromatic N) is 1. The maximum Gasteiger partial charge on any atom is 0.410 e. The van der Waals surface area contributed by atoms with Crippen molar-refractivity contribution in [3.8, 4) is 0 Å². The van der Waals surface area contributed by atoms with E-state index in [0.29, 0.717) is 32.7 Å². The molecule has 1 aliphatic rings. The van der Waals surface area contributed by atoms with E-state index in [2.05, 4.69) is 0 Å². The molecular formula is C9H17NO4. The molecule has 0 aliphatic carbocycles. The van der Waals surface area contributed by atoms with Crippen molar-refractivity contribution >= 4 is 6.09 Å². The van der Waals surface area contributed by atoms with Gasteiger partial charge in [-0.25, -0.2) is 4.79 Å². The topological polar surface area (TPSA) is 59.0 Å². The van der Waals surface area contributed by atoms with Crippen molar-refractivity contribution in [1.82, 2.24) is 4.90 Å². The number of amides is 1. The summed E-state index contributed by atoms with van der Waals surface area (Å²) in [6, 6.07) is 0. The zero-order chi connectivity index (χ0) is 10.4. The lowest BCUT2D eigenvalue weighted by molar-refractivity contribution is 0.0106. The first-order chi connectivity index (χ1) is 6.74. The van der Waals surface area contributed by atoms with Gasteiger partial charge in [-0.15, -0.1) is 0 Å². The molecule has 1 N–H and O–H groups in total. The summed E-state index contributed by atoms with van der Waals surface area (Å²) in [5, 5.41) is 9.18. The van der Waals surface area contributed by atoms with Crippen LogP contribution in [0.1, 0.15) is 13.3 Å². The summed E-state index contributed by atoms with van der Waals surface area (Å²) in [6.45, 7) is 4.18. The third kappa shape index (κ3) is 3.51. The van der Waals surface area contributed by atoms with E-state index in [-0.39, 0.29) is 12.7 Å². The van der Waals surface area contributed by atoms with Gasteiger partial charge in [-0.3, -0.25) is 0 Å². The van der Waals surface area contributed by atoms with Gasteiger partial charge in [0.2, 0.25) is 0 Å². The standard InChI is InChI=1S/C9H17NO4/c1-2-8(11)7-14-9(12)10-3-5-13-6-4-10/h8,11H,2-7H2,1H3. The van der Waals surface area contributed by atoms with E-state index in [9.17, 15) is 9.90 Å². The Labute approximate surface area is 83.6 Å². The van der Waals surface area contributed by atoms with Crippen molar-refractivity contribution < 1.29 is 19.4 Å². The molecule has 1 unspecified atom stereocenters. The summed E-state index contributed by atoms with van der Waals surface area (Å²) in [7, 11) is 0. The molecule has 0 aromatic rings. The fourth-order valence-electron chi connectivity index (χ4n) is 1.12. The maximum absolute atomic E-state index is 11.4. The minimum atomic E-state index is -0.556. The van der Waals surface area contributed by atoms with Crippen LogP contribution in [0.3, 0.4) is 0 Å². The van der Waals surface area contributed by atoms with Gasteiger partial charge < -0.3 is 19.5 Å². The number of hydrogen-bond acceptors (Lipinski definition) is 4. The second-order valence-electron chi connectivity index (χ2n) is 3.24. The molecule has 5 nitrogen and oxygen atoms in total. The molecule has 0 aromatic heterocycles. The molecule has 1 amide bonds. The van der Waals surface area contributed by atoms with Gasteiger partial charge in [0.1, 0.15) is 6.61 Å². The van der Waals surface area contributed by atoms with Crippen LogP contribution in [-0.2, 0) is 9.47 Å². The Hall–Kier alpha value is -0.810. The van der Waals surface area contributed by atoms with Crippen molar-refractivity contribution in [2.24, 2.45) is 0 Å². The highest BCUT2D eigenvalue weighted by Crippen LogP contribution is 2.01. The molecule has 14 heavy (non-hydrogen) atoms. The number of carbonyl (C=O) groups is 1. The molecule has 1 fully saturated rings. The Morgan fingerprint density at radius 2 is 2.21 bits per heavy atom. The number of carbonyl (C=O) groups excluding carboxylic acids is 1. The summed E-state index contributed by atoms with van der Waals surface area (Å²) in [4.78, 5) is 12.9. The molecule has 5 heteroatoms. The quantitative estimate of drug-likeness (QED) is 0.713. The van der Waals surface area contributed by atoms with E-state index < -0.39 is 6.10 Å². The van der Waals surface area contributed by atoms with Crippen LogP contribution in [0.4, 0.5) is 4.79 Å². The third-order valence-corrected chi connectivity index (χ3v) is 2.14. The van der Waals surface area contributed by atoms with Crippen LogP contribution in [0, 0.1) is 0 Å². The molecule has 82 valence electrons. The highest BCUT2D eigenvalue weighted by molar-refractivity contribution is 5.67. The third-order valence-electron chi connectivity index (χ3n) is 2.14. The predicted molar refractivity (Wildman–Crippen MR) is 50.0 cm³/mol. The summed E-state index contributed by atoms with van der Waals surface area (Å²) >= 11 is 0. The predicted octanol–water partition coefficient (Wildman–Crippen LogP) is 0.226. The average molecular weight is 203 g/mol. The number of aliphatic hydroxyl groups excluding tert-OH is 1. The first-order valence-electron chi connectivity index (χ1n) is 4.91. The van der Waals surface area contributed by atoms with Gasteiger partial charge in [-0.1, -0.05) is 6.92 Å². The van der Waals surface area contributed by atoms with Crippen LogP contribution in [-0.4, -0.2) is 55.1 Å². The van der Waals surface area contributed by atoms with Crippen molar-refractivity contribution in [3.63, 3.8) is 0 Å². The van der Waals surface area contributed by atoms with Crippen LogP contribution in [0.15, 0.2) is 0 Å². The van der Waals surface area contributed by atoms with E-state index >= 15 is 0 Å². The van der Waals surface area contributed by atoms with Crippen molar-refractivity contribution in [2.75, 3.05) is 32.9 Å². The van der Waals surface area contributed by atoms with Crippen molar-refractivity contribution in [3.05, 3.63) is 0 Å². The van der Waals surface area contributed by atoms with Crippen molar-refractivity contribution in [1.29, 1.82) is 0 Å². The second kappa shape index (κ2) is 5.82. The Bertz CT molecular complexity index is 180. The molecule has 0 aromatic carbocycles. The average Bonchev–Trinajstić information content (AvgIpc) is 2.26. The highest BCUT2D eigenvalue weighted by atomic mass is 16.6. The van der Waals surface area contributed by atoms with Crippen LogP contribution in [0.5, 0.6) is 0 Å². The van der Waals surface area contributed by atoms with Gasteiger partial charge in [0, 0.05) is 13.1 Å².